The number of carbonyl (C=O) groups is 2. The van der Waals surface area contributed by atoms with Crippen LogP contribution in [0.1, 0.15) is 20.3 Å². The summed E-state index contributed by atoms with van der Waals surface area (Å²) in [6.45, 7) is 7.01. The van der Waals surface area contributed by atoms with E-state index in [0.29, 0.717) is 6.42 Å². The second-order valence-corrected chi connectivity index (χ2v) is 3.35. The largest absolute Gasteiger partial charge is 0.480 e. The molecule has 0 aromatic carbocycles. The van der Waals surface area contributed by atoms with Crippen LogP contribution in [0.5, 0.6) is 0 Å². The number of carboxylic acid groups (broad SMARTS) is 1. The fourth-order valence-electron chi connectivity index (χ4n) is 1.11. The Labute approximate surface area is 89.8 Å². The number of likely N-dealkylation sites (N-methyl/N-ethyl adjacent to an activating group) is 1. The summed E-state index contributed by atoms with van der Waals surface area (Å²) in [5, 5.41) is 11.4. The van der Waals surface area contributed by atoms with Crippen LogP contribution in [-0.2, 0) is 4.79 Å². The second-order valence-electron chi connectivity index (χ2n) is 3.35. The number of nitrogens with zero attached hydrogens (tertiary/aromatic N) is 1. The molecular formula is C10H18N2O3. The van der Waals surface area contributed by atoms with Crippen LogP contribution < -0.4 is 5.32 Å². The van der Waals surface area contributed by atoms with Crippen molar-refractivity contribution in [3.8, 4) is 0 Å². The molecular weight excluding hydrogens is 196 g/mol. The summed E-state index contributed by atoms with van der Waals surface area (Å²) in [4.78, 5) is 23.5. The Kier molecular flexibility index (Phi) is 5.44. The molecule has 2 atom stereocenters. The van der Waals surface area contributed by atoms with E-state index in [1.165, 1.54) is 11.9 Å². The minimum Gasteiger partial charge on any atom is -0.480 e. The van der Waals surface area contributed by atoms with E-state index in [9.17, 15) is 9.59 Å². The lowest BCUT2D eigenvalue weighted by Gasteiger charge is -2.25. The highest BCUT2D eigenvalue weighted by Gasteiger charge is 2.24. The minimum atomic E-state index is -0.999. The summed E-state index contributed by atoms with van der Waals surface area (Å²) in [5.74, 6) is -0.999. The number of hydrogen-bond donors (Lipinski definition) is 2. The van der Waals surface area contributed by atoms with Gasteiger partial charge in [-0.05, 0) is 13.3 Å². The molecule has 0 bridgehead atoms. The lowest BCUT2D eigenvalue weighted by atomic mass is 10.2. The smallest absolute Gasteiger partial charge is 0.326 e. The summed E-state index contributed by atoms with van der Waals surface area (Å²) in [5.41, 5.74) is 0. The van der Waals surface area contributed by atoms with Crippen LogP contribution in [0.25, 0.3) is 0 Å². The Bertz CT molecular complexity index is 253. The number of hydrogen-bond acceptors (Lipinski definition) is 2. The number of nitrogens with one attached hydrogen (secondary N) is 1. The van der Waals surface area contributed by atoms with E-state index in [2.05, 4.69) is 11.9 Å². The van der Waals surface area contributed by atoms with Gasteiger partial charge in [0.15, 0.2) is 0 Å². The maximum atomic E-state index is 11.5. The Morgan fingerprint density at radius 1 is 1.60 bits per heavy atom. The number of rotatable bonds is 5. The Morgan fingerprint density at radius 3 is 2.47 bits per heavy atom. The molecule has 2 unspecified atom stereocenters. The standard InChI is InChI=1S/C10H18N2O3/c1-5-7(3)11-10(15)12(4)8(6-2)9(13)14/h5,7-8H,1,6H2,2-4H3,(H,11,15)(H,13,14). The van der Waals surface area contributed by atoms with Crippen LogP contribution in [0.4, 0.5) is 4.79 Å². The molecule has 0 radical (unpaired) electrons. The quantitative estimate of drug-likeness (QED) is 0.672. The van der Waals surface area contributed by atoms with Crippen LogP contribution in [0.15, 0.2) is 12.7 Å². The molecule has 0 heterocycles. The van der Waals surface area contributed by atoms with Crippen LogP contribution in [0, 0.1) is 0 Å². The predicted octanol–water partition coefficient (Wildman–Crippen LogP) is 1.07. The lowest BCUT2D eigenvalue weighted by molar-refractivity contribution is -0.141. The second kappa shape index (κ2) is 6.06. The van der Waals surface area contributed by atoms with Gasteiger partial charge in [-0.25, -0.2) is 9.59 Å². The SMILES string of the molecule is C=CC(C)NC(=O)N(C)C(CC)C(=O)O. The predicted molar refractivity (Wildman–Crippen MR) is 57.7 cm³/mol. The van der Waals surface area contributed by atoms with Crippen LogP contribution >= 0.6 is 0 Å². The van der Waals surface area contributed by atoms with Gasteiger partial charge in [-0.2, -0.15) is 0 Å². The highest BCUT2D eigenvalue weighted by atomic mass is 16.4. The van der Waals surface area contributed by atoms with Crippen molar-refractivity contribution >= 4 is 12.0 Å². The maximum Gasteiger partial charge on any atom is 0.326 e. The maximum absolute atomic E-state index is 11.5. The highest BCUT2D eigenvalue weighted by Crippen LogP contribution is 2.02. The minimum absolute atomic E-state index is 0.175. The van der Waals surface area contributed by atoms with Gasteiger partial charge in [0.2, 0.25) is 0 Å². The van der Waals surface area contributed by atoms with Crippen molar-refractivity contribution in [3.63, 3.8) is 0 Å². The van der Waals surface area contributed by atoms with Gasteiger partial charge in [-0.1, -0.05) is 13.0 Å². The number of carboxylic acids is 1. The van der Waals surface area contributed by atoms with E-state index in [1.807, 2.05) is 0 Å². The summed E-state index contributed by atoms with van der Waals surface area (Å²) < 4.78 is 0. The van der Waals surface area contributed by atoms with Gasteiger partial charge < -0.3 is 15.3 Å². The first-order valence-electron chi connectivity index (χ1n) is 4.82. The van der Waals surface area contributed by atoms with Crippen molar-refractivity contribution in [2.24, 2.45) is 0 Å². The lowest BCUT2D eigenvalue weighted by Crippen LogP contribution is -2.48. The van der Waals surface area contributed by atoms with Gasteiger partial charge in [0.05, 0.1) is 0 Å². The van der Waals surface area contributed by atoms with E-state index >= 15 is 0 Å². The van der Waals surface area contributed by atoms with Crippen molar-refractivity contribution in [2.45, 2.75) is 32.4 Å². The van der Waals surface area contributed by atoms with Crippen LogP contribution in [0.3, 0.4) is 0 Å². The van der Waals surface area contributed by atoms with Crippen LogP contribution in [-0.4, -0.2) is 41.1 Å². The molecule has 86 valence electrons. The average molecular weight is 214 g/mol. The Hall–Kier alpha value is -1.52. The molecule has 0 aliphatic heterocycles. The van der Waals surface area contributed by atoms with Crippen molar-refractivity contribution in [1.29, 1.82) is 0 Å². The normalized spacial score (nSPS) is 13.8. The van der Waals surface area contributed by atoms with E-state index in [0.717, 1.165) is 0 Å². The van der Waals surface area contributed by atoms with Crippen molar-refractivity contribution in [3.05, 3.63) is 12.7 Å². The van der Waals surface area contributed by atoms with Crippen molar-refractivity contribution < 1.29 is 14.7 Å². The molecule has 5 nitrogen and oxygen atoms in total. The summed E-state index contributed by atoms with van der Waals surface area (Å²) in [6, 6.07) is -1.37. The molecule has 0 saturated heterocycles. The number of carbonyl (C=O) groups excluding carboxylic acids is 1. The molecule has 2 amide bonds. The molecule has 0 fully saturated rings. The van der Waals surface area contributed by atoms with Gasteiger partial charge in [-0.3, -0.25) is 0 Å². The molecule has 15 heavy (non-hydrogen) atoms. The molecule has 2 N–H and O–H groups in total. The van der Waals surface area contributed by atoms with Gasteiger partial charge in [-0.15, -0.1) is 6.58 Å². The third-order valence-corrected chi connectivity index (χ3v) is 2.16. The summed E-state index contributed by atoms with van der Waals surface area (Å²) in [7, 11) is 1.47. The van der Waals surface area contributed by atoms with E-state index in [-0.39, 0.29) is 6.04 Å². The first kappa shape index (κ1) is 13.5. The molecule has 0 aromatic rings. The highest BCUT2D eigenvalue weighted by molar-refractivity contribution is 5.82. The first-order chi connectivity index (χ1) is 6.93. The molecule has 0 rings (SSSR count). The number of urea groups is 1. The average Bonchev–Trinajstić information content (AvgIpc) is 2.17. The molecule has 0 spiro atoms. The number of amides is 2. The van der Waals surface area contributed by atoms with Crippen LogP contribution in [0.2, 0.25) is 0 Å². The topological polar surface area (TPSA) is 69.6 Å². The number of aliphatic carboxylic acids is 1. The molecule has 0 saturated carbocycles. The summed E-state index contributed by atoms with van der Waals surface area (Å²) in [6.07, 6.45) is 1.95. The molecule has 0 aliphatic rings. The zero-order chi connectivity index (χ0) is 12.0. The van der Waals surface area contributed by atoms with Crippen molar-refractivity contribution in [1.82, 2.24) is 10.2 Å². The summed E-state index contributed by atoms with van der Waals surface area (Å²) >= 11 is 0. The molecule has 5 heteroatoms. The van der Waals surface area contributed by atoms with E-state index in [4.69, 9.17) is 5.11 Å². The third-order valence-electron chi connectivity index (χ3n) is 2.16. The fourth-order valence-corrected chi connectivity index (χ4v) is 1.11. The Morgan fingerprint density at radius 2 is 2.13 bits per heavy atom. The van der Waals surface area contributed by atoms with E-state index < -0.39 is 18.0 Å². The van der Waals surface area contributed by atoms with E-state index in [1.54, 1.807) is 19.9 Å². The molecule has 0 aromatic heterocycles. The fraction of sp³-hybridized carbons (Fsp3) is 0.600. The molecule has 0 aliphatic carbocycles. The zero-order valence-corrected chi connectivity index (χ0v) is 9.36. The third kappa shape index (κ3) is 4.01. The Balaban J connectivity index is 4.41. The monoisotopic (exact) mass is 214 g/mol. The first-order valence-corrected chi connectivity index (χ1v) is 4.82. The van der Waals surface area contributed by atoms with Gasteiger partial charge in [0, 0.05) is 13.1 Å². The van der Waals surface area contributed by atoms with Gasteiger partial charge >= 0.3 is 12.0 Å². The van der Waals surface area contributed by atoms with Gasteiger partial charge in [0.1, 0.15) is 6.04 Å². The zero-order valence-electron chi connectivity index (χ0n) is 9.36. The van der Waals surface area contributed by atoms with Crippen molar-refractivity contribution in [2.75, 3.05) is 7.05 Å². The van der Waals surface area contributed by atoms with Gasteiger partial charge in [0.25, 0.3) is 0 Å².